The Morgan fingerprint density at radius 1 is 1.07 bits per heavy atom. The maximum atomic E-state index is 12.4. The Morgan fingerprint density at radius 2 is 1.85 bits per heavy atom. The predicted octanol–water partition coefficient (Wildman–Crippen LogP) is -0.438. The van der Waals surface area contributed by atoms with Crippen molar-refractivity contribution in [2.24, 2.45) is 0 Å². The zero-order valence-electron chi connectivity index (χ0n) is 15.5. The summed E-state index contributed by atoms with van der Waals surface area (Å²) in [6.45, 7) is 8.11. The quantitative estimate of drug-likeness (QED) is 0.713. The van der Waals surface area contributed by atoms with E-state index in [9.17, 15) is 4.79 Å². The zero-order chi connectivity index (χ0) is 18.6. The highest BCUT2D eigenvalue weighted by Gasteiger charge is 2.23. The third-order valence-electron chi connectivity index (χ3n) is 4.84. The Morgan fingerprint density at radius 3 is 2.56 bits per heavy atom. The van der Waals surface area contributed by atoms with Gasteiger partial charge in [-0.2, -0.15) is 10.1 Å². The van der Waals surface area contributed by atoms with Gasteiger partial charge in [0.25, 0.3) is 0 Å². The molecule has 0 atom stereocenters. The molecule has 0 unspecified atom stereocenters. The van der Waals surface area contributed by atoms with E-state index in [1.165, 1.54) is 6.33 Å². The summed E-state index contributed by atoms with van der Waals surface area (Å²) in [4.78, 5) is 31.9. The fourth-order valence-electron chi connectivity index (χ4n) is 3.34. The third-order valence-corrected chi connectivity index (χ3v) is 4.84. The minimum atomic E-state index is 0.0630. The minimum absolute atomic E-state index is 0.0630. The van der Waals surface area contributed by atoms with Crippen molar-refractivity contribution < 1.29 is 9.53 Å². The number of aromatic nitrogens is 5. The molecule has 1 amide bonds. The summed E-state index contributed by atoms with van der Waals surface area (Å²) in [5.74, 6) is 1.75. The summed E-state index contributed by atoms with van der Waals surface area (Å²) in [6.07, 6.45) is 3.00. The number of anilines is 2. The molecule has 144 valence electrons. The third kappa shape index (κ3) is 4.16. The second-order valence-electron chi connectivity index (χ2n) is 6.73. The average molecular weight is 372 g/mol. The van der Waals surface area contributed by atoms with Gasteiger partial charge >= 0.3 is 0 Å². The summed E-state index contributed by atoms with van der Waals surface area (Å²) >= 11 is 0. The van der Waals surface area contributed by atoms with Crippen LogP contribution in [0.5, 0.6) is 0 Å². The smallest absolute Gasteiger partial charge is 0.244 e. The van der Waals surface area contributed by atoms with Gasteiger partial charge in [0.1, 0.15) is 25.0 Å². The van der Waals surface area contributed by atoms with E-state index in [0.29, 0.717) is 26.3 Å². The molecule has 0 N–H and O–H groups in total. The van der Waals surface area contributed by atoms with Crippen LogP contribution in [0.1, 0.15) is 5.69 Å². The van der Waals surface area contributed by atoms with Gasteiger partial charge in [-0.05, 0) is 6.92 Å². The van der Waals surface area contributed by atoms with Crippen LogP contribution in [-0.2, 0) is 16.1 Å². The molecule has 0 bridgehead atoms. The van der Waals surface area contributed by atoms with Crippen LogP contribution in [0.15, 0.2) is 18.7 Å². The number of aryl methyl sites for hydroxylation is 1. The molecule has 10 nitrogen and oxygen atoms in total. The lowest BCUT2D eigenvalue weighted by Crippen LogP contribution is -2.50. The van der Waals surface area contributed by atoms with Gasteiger partial charge in [0.15, 0.2) is 0 Å². The van der Waals surface area contributed by atoms with Crippen molar-refractivity contribution >= 4 is 17.7 Å². The van der Waals surface area contributed by atoms with Gasteiger partial charge in [0.2, 0.25) is 11.9 Å². The maximum Gasteiger partial charge on any atom is 0.244 e. The van der Waals surface area contributed by atoms with Crippen molar-refractivity contribution in [3.05, 3.63) is 24.4 Å². The van der Waals surface area contributed by atoms with Crippen LogP contribution < -0.4 is 9.80 Å². The number of hydrogen-bond donors (Lipinski definition) is 0. The molecule has 10 heteroatoms. The molecule has 2 aliphatic rings. The molecule has 2 aliphatic heterocycles. The summed E-state index contributed by atoms with van der Waals surface area (Å²) in [5.41, 5.74) is 0.950. The van der Waals surface area contributed by atoms with Crippen molar-refractivity contribution in [1.82, 2.24) is 29.6 Å². The van der Waals surface area contributed by atoms with Crippen LogP contribution in [-0.4, -0.2) is 88.0 Å². The summed E-state index contributed by atoms with van der Waals surface area (Å²) in [7, 11) is 0. The lowest BCUT2D eigenvalue weighted by molar-refractivity contribution is -0.132. The first-order valence-corrected chi connectivity index (χ1v) is 9.22. The molecule has 0 aromatic carbocycles. The number of morpholine rings is 1. The molecule has 2 saturated heterocycles. The van der Waals surface area contributed by atoms with Crippen LogP contribution in [0.3, 0.4) is 0 Å². The molecular weight excluding hydrogens is 348 g/mol. The molecule has 0 saturated carbocycles. The van der Waals surface area contributed by atoms with Crippen LogP contribution in [0.2, 0.25) is 0 Å². The van der Waals surface area contributed by atoms with E-state index in [4.69, 9.17) is 9.72 Å². The number of carbonyl (C=O) groups is 1. The monoisotopic (exact) mass is 372 g/mol. The Labute approximate surface area is 157 Å². The van der Waals surface area contributed by atoms with Gasteiger partial charge in [0, 0.05) is 51.0 Å². The second kappa shape index (κ2) is 7.87. The highest BCUT2D eigenvalue weighted by molar-refractivity contribution is 5.76. The highest BCUT2D eigenvalue weighted by Crippen LogP contribution is 2.20. The molecule has 0 spiro atoms. The van der Waals surface area contributed by atoms with Gasteiger partial charge in [-0.1, -0.05) is 0 Å². The Kier molecular flexibility index (Phi) is 5.14. The molecule has 0 radical (unpaired) electrons. The van der Waals surface area contributed by atoms with Crippen LogP contribution in [0.4, 0.5) is 11.8 Å². The van der Waals surface area contributed by atoms with Crippen LogP contribution in [0.25, 0.3) is 0 Å². The lowest BCUT2D eigenvalue weighted by atomic mass is 10.3. The van der Waals surface area contributed by atoms with E-state index in [1.807, 2.05) is 17.9 Å². The van der Waals surface area contributed by atoms with Crippen molar-refractivity contribution in [2.75, 3.05) is 62.3 Å². The van der Waals surface area contributed by atoms with Gasteiger partial charge in [-0.25, -0.2) is 14.6 Å². The summed E-state index contributed by atoms with van der Waals surface area (Å²) < 4.78 is 6.97. The molecule has 0 aliphatic carbocycles. The number of carbonyl (C=O) groups excluding carboxylic acids is 1. The molecular formula is C17H24N8O2. The number of nitrogens with zero attached hydrogens (tertiary/aromatic N) is 8. The van der Waals surface area contributed by atoms with Crippen molar-refractivity contribution in [3.63, 3.8) is 0 Å². The standard InChI is InChI=1S/C17H24N8O2/c1-14-10-15(21-17(20-14)24-6-8-27-9-7-24)22-2-4-23(5-3-22)16(26)11-25-13-18-12-19-25/h10,12-13H,2-9,11H2,1H3. The van der Waals surface area contributed by atoms with Crippen molar-refractivity contribution in [3.8, 4) is 0 Å². The predicted molar refractivity (Wildman–Crippen MR) is 98.6 cm³/mol. The molecule has 4 heterocycles. The highest BCUT2D eigenvalue weighted by atomic mass is 16.5. The first-order valence-electron chi connectivity index (χ1n) is 9.22. The van der Waals surface area contributed by atoms with E-state index in [2.05, 4.69) is 24.9 Å². The maximum absolute atomic E-state index is 12.4. The fourth-order valence-corrected chi connectivity index (χ4v) is 3.34. The number of hydrogen-bond acceptors (Lipinski definition) is 8. The fraction of sp³-hybridized carbons (Fsp3) is 0.588. The summed E-state index contributed by atoms with van der Waals surface area (Å²) in [5, 5.41) is 3.99. The molecule has 2 aromatic rings. The van der Waals surface area contributed by atoms with Gasteiger partial charge in [0.05, 0.1) is 13.2 Å². The first kappa shape index (κ1) is 17.7. The summed E-state index contributed by atoms with van der Waals surface area (Å²) in [6, 6.07) is 2.01. The Hall–Kier alpha value is -2.75. The normalized spacial score (nSPS) is 18.0. The average Bonchev–Trinajstić information content (AvgIpc) is 3.21. The first-order chi connectivity index (χ1) is 13.2. The second-order valence-corrected chi connectivity index (χ2v) is 6.73. The molecule has 4 rings (SSSR count). The minimum Gasteiger partial charge on any atom is -0.378 e. The molecule has 2 aromatic heterocycles. The van der Waals surface area contributed by atoms with Gasteiger partial charge in [-0.3, -0.25) is 4.79 Å². The Balaban J connectivity index is 1.39. The van der Waals surface area contributed by atoms with Crippen molar-refractivity contribution in [1.29, 1.82) is 0 Å². The largest absolute Gasteiger partial charge is 0.378 e. The van der Waals surface area contributed by atoms with Crippen LogP contribution in [0, 0.1) is 6.92 Å². The van der Waals surface area contributed by atoms with Gasteiger partial charge in [-0.15, -0.1) is 0 Å². The van der Waals surface area contributed by atoms with Crippen LogP contribution >= 0.6 is 0 Å². The van der Waals surface area contributed by atoms with E-state index >= 15 is 0 Å². The lowest BCUT2D eigenvalue weighted by Gasteiger charge is -2.36. The van der Waals surface area contributed by atoms with E-state index in [0.717, 1.165) is 43.6 Å². The van der Waals surface area contributed by atoms with E-state index in [1.54, 1.807) is 11.0 Å². The number of rotatable bonds is 4. The number of amides is 1. The topological polar surface area (TPSA) is 92.5 Å². The van der Waals surface area contributed by atoms with E-state index < -0.39 is 0 Å². The number of ether oxygens (including phenoxy) is 1. The van der Waals surface area contributed by atoms with Gasteiger partial charge < -0.3 is 19.4 Å². The van der Waals surface area contributed by atoms with Crippen molar-refractivity contribution in [2.45, 2.75) is 13.5 Å². The number of piperazine rings is 1. The molecule has 2 fully saturated rings. The molecule has 27 heavy (non-hydrogen) atoms. The zero-order valence-corrected chi connectivity index (χ0v) is 15.5. The van der Waals surface area contributed by atoms with E-state index in [-0.39, 0.29) is 12.5 Å². The SMILES string of the molecule is Cc1cc(N2CCN(C(=O)Cn3cncn3)CC2)nc(N2CCOCC2)n1. The Bertz CT molecular complexity index is 767.